The minimum Gasteiger partial charge on any atom is -0.490 e. The van der Waals surface area contributed by atoms with Crippen molar-refractivity contribution in [3.05, 3.63) is 24.3 Å². The molecule has 0 aliphatic rings. The molecule has 1 aromatic carbocycles. The van der Waals surface area contributed by atoms with Crippen molar-refractivity contribution in [2.45, 2.75) is 13.8 Å². The molecular weight excluding hydrogens is 272 g/mol. The van der Waals surface area contributed by atoms with Gasteiger partial charge in [-0.3, -0.25) is 0 Å². The summed E-state index contributed by atoms with van der Waals surface area (Å²) in [5.41, 5.74) is 5.61. The molecule has 5 heteroatoms. The van der Waals surface area contributed by atoms with Crippen molar-refractivity contribution in [3.63, 3.8) is 0 Å². The van der Waals surface area contributed by atoms with Crippen molar-refractivity contribution >= 4 is 17.2 Å². The van der Waals surface area contributed by atoms with Gasteiger partial charge in [0, 0.05) is 19.0 Å². The Balaban J connectivity index is 2.38. The quantitative estimate of drug-likeness (QED) is 0.709. The standard InChI is InChI=1S/C15H24N2O2S/c1-4-18-13-7-5-6-8-14(13)19-10-9-17(3)11-12(2)15(16)20/h5-8,12H,4,9-11H2,1-3H3,(H2,16,20). The van der Waals surface area contributed by atoms with Gasteiger partial charge in [0.25, 0.3) is 0 Å². The van der Waals surface area contributed by atoms with Gasteiger partial charge in [-0.05, 0) is 26.1 Å². The predicted molar refractivity (Wildman–Crippen MR) is 86.6 cm³/mol. The Bertz CT molecular complexity index is 426. The molecule has 0 aliphatic carbocycles. The number of nitrogens with zero attached hydrogens (tertiary/aromatic N) is 1. The molecule has 0 radical (unpaired) electrons. The average Bonchev–Trinajstić information content (AvgIpc) is 2.40. The van der Waals surface area contributed by atoms with E-state index in [2.05, 4.69) is 4.90 Å². The molecule has 1 rings (SSSR count). The predicted octanol–water partition coefficient (Wildman–Crippen LogP) is 2.32. The fourth-order valence-corrected chi connectivity index (χ4v) is 1.88. The van der Waals surface area contributed by atoms with E-state index in [-0.39, 0.29) is 5.92 Å². The Labute approximate surface area is 126 Å². The number of nitrogens with two attached hydrogens (primary N) is 1. The van der Waals surface area contributed by atoms with Gasteiger partial charge in [0.2, 0.25) is 0 Å². The van der Waals surface area contributed by atoms with Crippen LogP contribution < -0.4 is 15.2 Å². The van der Waals surface area contributed by atoms with E-state index in [9.17, 15) is 0 Å². The van der Waals surface area contributed by atoms with Gasteiger partial charge in [-0.1, -0.05) is 31.3 Å². The Morgan fingerprint density at radius 2 is 1.90 bits per heavy atom. The smallest absolute Gasteiger partial charge is 0.161 e. The molecule has 0 aromatic heterocycles. The fourth-order valence-electron chi connectivity index (χ4n) is 1.80. The van der Waals surface area contributed by atoms with Crippen molar-refractivity contribution in [1.29, 1.82) is 0 Å². The molecular formula is C15H24N2O2S. The zero-order chi connectivity index (χ0) is 15.0. The van der Waals surface area contributed by atoms with Crippen LogP contribution in [0.1, 0.15) is 13.8 Å². The summed E-state index contributed by atoms with van der Waals surface area (Å²) >= 11 is 4.98. The number of para-hydroxylation sites is 2. The van der Waals surface area contributed by atoms with Gasteiger partial charge >= 0.3 is 0 Å². The van der Waals surface area contributed by atoms with E-state index in [0.29, 0.717) is 18.2 Å². The Morgan fingerprint density at radius 3 is 2.45 bits per heavy atom. The number of thiocarbonyl (C=S) groups is 1. The van der Waals surface area contributed by atoms with Crippen molar-refractivity contribution in [1.82, 2.24) is 4.90 Å². The second-order valence-corrected chi connectivity index (χ2v) is 5.27. The summed E-state index contributed by atoms with van der Waals surface area (Å²) < 4.78 is 11.3. The van der Waals surface area contributed by atoms with Crippen molar-refractivity contribution in [2.24, 2.45) is 11.7 Å². The number of ether oxygens (including phenoxy) is 2. The highest BCUT2D eigenvalue weighted by Gasteiger charge is 2.09. The maximum atomic E-state index is 5.77. The summed E-state index contributed by atoms with van der Waals surface area (Å²) in [5, 5.41) is 0. The summed E-state index contributed by atoms with van der Waals surface area (Å²) in [6.07, 6.45) is 0. The number of rotatable bonds is 9. The summed E-state index contributed by atoms with van der Waals surface area (Å²) in [4.78, 5) is 2.71. The molecule has 0 saturated carbocycles. The third-order valence-corrected chi connectivity index (χ3v) is 3.35. The minimum atomic E-state index is 0.214. The van der Waals surface area contributed by atoms with Gasteiger partial charge in [0.15, 0.2) is 11.5 Å². The molecule has 1 atom stereocenters. The lowest BCUT2D eigenvalue weighted by molar-refractivity contribution is 0.220. The molecule has 1 unspecified atom stereocenters. The van der Waals surface area contributed by atoms with Gasteiger partial charge in [-0.2, -0.15) is 0 Å². The van der Waals surface area contributed by atoms with Crippen molar-refractivity contribution in [2.75, 3.05) is 33.4 Å². The number of benzene rings is 1. The van der Waals surface area contributed by atoms with E-state index in [1.807, 2.05) is 45.2 Å². The summed E-state index contributed by atoms with van der Waals surface area (Å²) in [6, 6.07) is 7.71. The third-order valence-electron chi connectivity index (χ3n) is 2.95. The topological polar surface area (TPSA) is 47.7 Å². The Hall–Kier alpha value is -1.33. The van der Waals surface area contributed by atoms with E-state index in [4.69, 9.17) is 27.4 Å². The molecule has 4 nitrogen and oxygen atoms in total. The van der Waals surface area contributed by atoms with Crippen LogP contribution in [0, 0.1) is 5.92 Å². The maximum Gasteiger partial charge on any atom is 0.161 e. The Kier molecular flexibility index (Phi) is 7.33. The van der Waals surface area contributed by atoms with Gasteiger partial charge in [0.05, 0.1) is 11.6 Å². The van der Waals surface area contributed by atoms with Crippen LogP contribution in [0.15, 0.2) is 24.3 Å². The summed E-state index contributed by atoms with van der Waals surface area (Å²) in [6.45, 7) is 6.88. The van der Waals surface area contributed by atoms with Gasteiger partial charge in [-0.15, -0.1) is 0 Å². The Morgan fingerprint density at radius 1 is 1.30 bits per heavy atom. The molecule has 0 bridgehead atoms. The number of hydrogen-bond donors (Lipinski definition) is 1. The first-order chi connectivity index (χ1) is 9.54. The molecule has 0 amide bonds. The highest BCUT2D eigenvalue weighted by molar-refractivity contribution is 7.80. The highest BCUT2D eigenvalue weighted by Crippen LogP contribution is 2.26. The zero-order valence-electron chi connectivity index (χ0n) is 12.5. The van der Waals surface area contributed by atoms with Crippen LogP contribution >= 0.6 is 12.2 Å². The molecule has 112 valence electrons. The van der Waals surface area contributed by atoms with E-state index in [1.54, 1.807) is 0 Å². The van der Waals surface area contributed by atoms with Crippen LogP contribution in [-0.4, -0.2) is 43.2 Å². The van der Waals surface area contributed by atoms with Crippen molar-refractivity contribution < 1.29 is 9.47 Å². The molecule has 1 aromatic rings. The average molecular weight is 296 g/mol. The van der Waals surface area contributed by atoms with Crippen LogP contribution in [0.5, 0.6) is 11.5 Å². The lowest BCUT2D eigenvalue weighted by Gasteiger charge is -2.21. The fraction of sp³-hybridized carbons (Fsp3) is 0.533. The lowest BCUT2D eigenvalue weighted by atomic mass is 10.2. The SMILES string of the molecule is CCOc1ccccc1OCCN(C)CC(C)C(N)=S. The molecule has 20 heavy (non-hydrogen) atoms. The number of hydrogen-bond acceptors (Lipinski definition) is 4. The zero-order valence-corrected chi connectivity index (χ0v) is 13.3. The van der Waals surface area contributed by atoms with Crippen LogP contribution in [0.2, 0.25) is 0 Å². The first-order valence-electron chi connectivity index (χ1n) is 6.87. The van der Waals surface area contributed by atoms with E-state index in [0.717, 1.165) is 24.6 Å². The maximum absolute atomic E-state index is 5.77. The second-order valence-electron chi connectivity index (χ2n) is 4.79. The highest BCUT2D eigenvalue weighted by atomic mass is 32.1. The molecule has 0 fully saturated rings. The van der Waals surface area contributed by atoms with Crippen LogP contribution in [0.25, 0.3) is 0 Å². The molecule has 0 aliphatic heterocycles. The molecule has 0 heterocycles. The van der Waals surface area contributed by atoms with E-state index in [1.165, 1.54) is 0 Å². The van der Waals surface area contributed by atoms with E-state index < -0.39 is 0 Å². The molecule has 0 saturated heterocycles. The van der Waals surface area contributed by atoms with Gasteiger partial charge in [-0.25, -0.2) is 0 Å². The monoisotopic (exact) mass is 296 g/mol. The molecule has 2 N–H and O–H groups in total. The van der Waals surface area contributed by atoms with Crippen LogP contribution in [0.3, 0.4) is 0 Å². The first-order valence-corrected chi connectivity index (χ1v) is 7.28. The third kappa shape index (κ3) is 5.75. The molecule has 0 spiro atoms. The minimum absolute atomic E-state index is 0.214. The van der Waals surface area contributed by atoms with Crippen molar-refractivity contribution in [3.8, 4) is 11.5 Å². The van der Waals surface area contributed by atoms with E-state index >= 15 is 0 Å². The van der Waals surface area contributed by atoms with Gasteiger partial charge in [0.1, 0.15) is 6.61 Å². The van der Waals surface area contributed by atoms with Gasteiger partial charge < -0.3 is 20.1 Å². The summed E-state index contributed by atoms with van der Waals surface area (Å²) in [5.74, 6) is 1.78. The number of likely N-dealkylation sites (N-methyl/N-ethyl adjacent to an activating group) is 1. The van der Waals surface area contributed by atoms with Crippen LogP contribution in [-0.2, 0) is 0 Å². The largest absolute Gasteiger partial charge is 0.490 e. The second kappa shape index (κ2) is 8.76. The normalized spacial score (nSPS) is 12.2. The lowest BCUT2D eigenvalue weighted by Crippen LogP contribution is -2.33. The van der Waals surface area contributed by atoms with Crippen LogP contribution in [0.4, 0.5) is 0 Å². The first kappa shape index (κ1) is 16.7. The summed E-state index contributed by atoms with van der Waals surface area (Å²) in [7, 11) is 2.03.